The summed E-state index contributed by atoms with van der Waals surface area (Å²) in [7, 11) is 3.26. The molecule has 2 aromatic carbocycles. The number of hydrogen-bond donors (Lipinski definition) is 1. The summed E-state index contributed by atoms with van der Waals surface area (Å²) in [6, 6.07) is 9.97. The Labute approximate surface area is 146 Å². The average molecular weight is 354 g/mol. The third kappa shape index (κ3) is 5.37. The van der Waals surface area contributed by atoms with Crippen molar-refractivity contribution in [2.75, 3.05) is 27.4 Å². The van der Waals surface area contributed by atoms with Crippen LogP contribution in [0.1, 0.15) is 11.1 Å². The molecule has 0 amide bonds. The molecule has 0 aromatic heterocycles. The maximum atomic E-state index is 13.1. The van der Waals surface area contributed by atoms with Gasteiger partial charge in [-0.25, -0.2) is 4.39 Å². The predicted octanol–water partition coefficient (Wildman–Crippen LogP) is 3.80. The van der Waals surface area contributed by atoms with Gasteiger partial charge in [0, 0.05) is 25.8 Å². The lowest BCUT2D eigenvalue weighted by Crippen LogP contribution is -2.18. The van der Waals surface area contributed by atoms with E-state index in [2.05, 4.69) is 5.32 Å². The Bertz CT molecular complexity index is 667. The van der Waals surface area contributed by atoms with Crippen molar-refractivity contribution in [3.8, 4) is 11.5 Å². The van der Waals surface area contributed by atoms with E-state index in [-0.39, 0.29) is 12.4 Å². The minimum atomic E-state index is -0.369. The Balaban J connectivity index is 1.99. The van der Waals surface area contributed by atoms with Crippen LogP contribution in [0.5, 0.6) is 11.5 Å². The number of methoxy groups -OCH3 is 2. The molecule has 0 bridgehead atoms. The first-order valence-electron chi connectivity index (χ1n) is 7.57. The van der Waals surface area contributed by atoms with Crippen LogP contribution in [-0.4, -0.2) is 27.4 Å². The maximum absolute atomic E-state index is 13.1. The summed E-state index contributed by atoms with van der Waals surface area (Å²) in [5.74, 6) is 0.879. The highest BCUT2D eigenvalue weighted by atomic mass is 35.5. The zero-order valence-electron chi connectivity index (χ0n) is 13.8. The Morgan fingerprint density at radius 3 is 2.62 bits per heavy atom. The molecule has 2 rings (SSSR count). The SMILES string of the molecule is COCCNCc1ccc(OCc2ccc(F)cc2Cl)c(OC)c1. The first-order valence-corrected chi connectivity index (χ1v) is 7.95. The minimum absolute atomic E-state index is 0.237. The van der Waals surface area contributed by atoms with E-state index in [0.29, 0.717) is 35.2 Å². The molecule has 24 heavy (non-hydrogen) atoms. The fourth-order valence-corrected chi connectivity index (χ4v) is 2.36. The maximum Gasteiger partial charge on any atom is 0.161 e. The van der Waals surface area contributed by atoms with Crippen molar-refractivity contribution >= 4 is 11.6 Å². The van der Waals surface area contributed by atoms with Gasteiger partial charge in [0.05, 0.1) is 18.7 Å². The molecule has 0 aliphatic rings. The first-order chi connectivity index (χ1) is 11.6. The number of benzene rings is 2. The molecule has 0 aliphatic carbocycles. The molecule has 0 atom stereocenters. The van der Waals surface area contributed by atoms with Crippen LogP contribution >= 0.6 is 11.6 Å². The van der Waals surface area contributed by atoms with Crippen molar-refractivity contribution < 1.29 is 18.6 Å². The summed E-state index contributed by atoms with van der Waals surface area (Å²) >= 11 is 6.01. The van der Waals surface area contributed by atoms with E-state index in [0.717, 1.165) is 12.1 Å². The number of ether oxygens (including phenoxy) is 3. The van der Waals surface area contributed by atoms with E-state index >= 15 is 0 Å². The van der Waals surface area contributed by atoms with Crippen LogP contribution in [0, 0.1) is 5.82 Å². The van der Waals surface area contributed by atoms with Crippen LogP contribution in [0.4, 0.5) is 4.39 Å². The summed E-state index contributed by atoms with van der Waals surface area (Å²) in [5, 5.41) is 3.61. The lowest BCUT2D eigenvalue weighted by atomic mass is 10.2. The van der Waals surface area contributed by atoms with Crippen molar-refractivity contribution in [1.82, 2.24) is 5.32 Å². The normalized spacial score (nSPS) is 10.7. The van der Waals surface area contributed by atoms with Crippen LogP contribution in [0.15, 0.2) is 36.4 Å². The van der Waals surface area contributed by atoms with Crippen LogP contribution in [-0.2, 0) is 17.9 Å². The van der Waals surface area contributed by atoms with Crippen LogP contribution in [0.25, 0.3) is 0 Å². The molecule has 1 N–H and O–H groups in total. The van der Waals surface area contributed by atoms with Crippen molar-refractivity contribution in [1.29, 1.82) is 0 Å². The summed E-state index contributed by atoms with van der Waals surface area (Å²) in [6.45, 7) is 2.39. The van der Waals surface area contributed by atoms with Crippen LogP contribution in [0.3, 0.4) is 0 Å². The highest BCUT2D eigenvalue weighted by Crippen LogP contribution is 2.29. The molecule has 0 saturated heterocycles. The summed E-state index contributed by atoms with van der Waals surface area (Å²) < 4.78 is 29.2. The second-order valence-corrected chi connectivity index (χ2v) is 5.59. The summed E-state index contributed by atoms with van der Waals surface area (Å²) in [4.78, 5) is 0. The quantitative estimate of drug-likeness (QED) is 0.696. The molecule has 0 saturated carbocycles. The Hall–Kier alpha value is -1.82. The predicted molar refractivity (Wildman–Crippen MR) is 92.3 cm³/mol. The number of hydrogen-bond acceptors (Lipinski definition) is 4. The molecule has 0 heterocycles. The largest absolute Gasteiger partial charge is 0.493 e. The second kappa shape index (κ2) is 9.47. The topological polar surface area (TPSA) is 39.7 Å². The average Bonchev–Trinajstić information content (AvgIpc) is 2.58. The van der Waals surface area contributed by atoms with E-state index in [1.54, 1.807) is 20.3 Å². The third-order valence-corrected chi connectivity index (χ3v) is 3.79. The fourth-order valence-electron chi connectivity index (χ4n) is 2.14. The molecule has 0 aliphatic heterocycles. The molecule has 4 nitrogen and oxygen atoms in total. The van der Waals surface area contributed by atoms with Crippen molar-refractivity contribution in [3.05, 3.63) is 58.4 Å². The number of nitrogens with one attached hydrogen (secondary N) is 1. The summed E-state index contributed by atoms with van der Waals surface area (Å²) in [6.07, 6.45) is 0. The van der Waals surface area contributed by atoms with Gasteiger partial charge in [-0.2, -0.15) is 0 Å². The Kier molecular flexibility index (Phi) is 7.31. The van der Waals surface area contributed by atoms with Gasteiger partial charge >= 0.3 is 0 Å². The van der Waals surface area contributed by atoms with Crippen LogP contribution in [0.2, 0.25) is 5.02 Å². The van der Waals surface area contributed by atoms with Gasteiger partial charge in [-0.05, 0) is 29.8 Å². The zero-order chi connectivity index (χ0) is 17.4. The number of halogens is 2. The second-order valence-electron chi connectivity index (χ2n) is 5.18. The third-order valence-electron chi connectivity index (χ3n) is 3.44. The van der Waals surface area contributed by atoms with Gasteiger partial charge < -0.3 is 19.5 Å². The van der Waals surface area contributed by atoms with Gasteiger partial charge in [-0.1, -0.05) is 23.7 Å². The van der Waals surface area contributed by atoms with E-state index in [4.69, 9.17) is 25.8 Å². The molecule has 0 unspecified atom stereocenters. The Morgan fingerprint density at radius 2 is 1.92 bits per heavy atom. The summed E-state index contributed by atoms with van der Waals surface area (Å²) in [5.41, 5.74) is 1.79. The van der Waals surface area contributed by atoms with Crippen LogP contribution < -0.4 is 14.8 Å². The van der Waals surface area contributed by atoms with Gasteiger partial charge in [-0.15, -0.1) is 0 Å². The molecular formula is C18H21ClFNO3. The monoisotopic (exact) mass is 353 g/mol. The lowest BCUT2D eigenvalue weighted by molar-refractivity contribution is 0.199. The molecular weight excluding hydrogens is 333 g/mol. The molecule has 0 radical (unpaired) electrons. The van der Waals surface area contributed by atoms with E-state index in [9.17, 15) is 4.39 Å². The van der Waals surface area contributed by atoms with Crippen molar-refractivity contribution in [2.45, 2.75) is 13.2 Å². The van der Waals surface area contributed by atoms with Gasteiger partial charge in [0.2, 0.25) is 0 Å². The van der Waals surface area contributed by atoms with Gasteiger partial charge in [0.1, 0.15) is 12.4 Å². The molecule has 6 heteroatoms. The molecule has 0 spiro atoms. The van der Waals surface area contributed by atoms with Gasteiger partial charge in [-0.3, -0.25) is 0 Å². The van der Waals surface area contributed by atoms with E-state index < -0.39 is 0 Å². The minimum Gasteiger partial charge on any atom is -0.493 e. The first kappa shape index (κ1) is 18.5. The van der Waals surface area contributed by atoms with Gasteiger partial charge in [0.15, 0.2) is 11.5 Å². The van der Waals surface area contributed by atoms with Crippen molar-refractivity contribution in [2.24, 2.45) is 0 Å². The highest BCUT2D eigenvalue weighted by molar-refractivity contribution is 6.31. The molecule has 0 fully saturated rings. The highest BCUT2D eigenvalue weighted by Gasteiger charge is 2.08. The lowest BCUT2D eigenvalue weighted by Gasteiger charge is -2.13. The van der Waals surface area contributed by atoms with E-state index in [1.807, 2.05) is 18.2 Å². The smallest absolute Gasteiger partial charge is 0.161 e. The molecule has 2 aromatic rings. The standard InChI is InChI=1S/C18H21ClFNO3/c1-22-8-7-21-11-13-3-6-17(18(9-13)23-2)24-12-14-4-5-15(20)10-16(14)19/h3-6,9-10,21H,7-8,11-12H2,1-2H3. The Morgan fingerprint density at radius 1 is 1.08 bits per heavy atom. The molecule has 130 valence electrons. The van der Waals surface area contributed by atoms with E-state index in [1.165, 1.54) is 12.1 Å². The number of rotatable bonds is 9. The fraction of sp³-hybridized carbons (Fsp3) is 0.333. The zero-order valence-corrected chi connectivity index (χ0v) is 14.5. The van der Waals surface area contributed by atoms with Crippen molar-refractivity contribution in [3.63, 3.8) is 0 Å². The van der Waals surface area contributed by atoms with Gasteiger partial charge in [0.25, 0.3) is 0 Å².